The molecule has 0 aliphatic carbocycles. The van der Waals surface area contributed by atoms with E-state index in [0.717, 1.165) is 44.7 Å². The number of hydrogen-bond donors (Lipinski definition) is 1. The van der Waals surface area contributed by atoms with Gasteiger partial charge in [-0.2, -0.15) is 0 Å². The van der Waals surface area contributed by atoms with Gasteiger partial charge in [0.1, 0.15) is 9.84 Å². The maximum Gasteiger partial charge on any atom is 0.148 e. The Balaban J connectivity index is 2.17. The van der Waals surface area contributed by atoms with Gasteiger partial charge in [0.05, 0.1) is 5.75 Å². The van der Waals surface area contributed by atoms with Crippen LogP contribution in [0.3, 0.4) is 0 Å². The van der Waals surface area contributed by atoms with E-state index in [1.807, 2.05) is 0 Å². The van der Waals surface area contributed by atoms with E-state index in [2.05, 4.69) is 4.90 Å². The number of aliphatic hydroxyl groups excluding tert-OH is 1. The summed E-state index contributed by atoms with van der Waals surface area (Å²) in [6.45, 7) is 2.97. The molecule has 5 heteroatoms. The van der Waals surface area contributed by atoms with Crippen LogP contribution in [0.25, 0.3) is 0 Å². The van der Waals surface area contributed by atoms with Gasteiger partial charge in [-0.15, -0.1) is 0 Å². The molecule has 16 heavy (non-hydrogen) atoms. The molecule has 0 bridgehead atoms. The average molecular weight is 249 g/mol. The Hall–Kier alpha value is -0.130. The molecule has 4 nitrogen and oxygen atoms in total. The lowest BCUT2D eigenvalue weighted by Crippen LogP contribution is -2.36. The molecule has 0 atom stereocenters. The SMILES string of the molecule is CS(=O)(=O)CCN1CCC(CCCO)CC1. The van der Waals surface area contributed by atoms with Gasteiger partial charge in [0.2, 0.25) is 0 Å². The first-order valence-corrected chi connectivity index (χ1v) is 8.08. The number of nitrogens with zero attached hydrogens (tertiary/aromatic N) is 1. The summed E-state index contributed by atoms with van der Waals surface area (Å²) in [6.07, 6.45) is 5.58. The first kappa shape index (κ1) is 13.9. The number of rotatable bonds is 6. The highest BCUT2D eigenvalue weighted by molar-refractivity contribution is 7.90. The lowest BCUT2D eigenvalue weighted by atomic mass is 9.92. The largest absolute Gasteiger partial charge is 0.396 e. The molecule has 0 spiro atoms. The fourth-order valence-corrected chi connectivity index (χ4v) is 2.76. The first-order chi connectivity index (χ1) is 7.51. The van der Waals surface area contributed by atoms with E-state index in [1.165, 1.54) is 6.26 Å². The van der Waals surface area contributed by atoms with Crippen molar-refractivity contribution in [3.63, 3.8) is 0 Å². The third-order valence-electron chi connectivity index (χ3n) is 3.26. The van der Waals surface area contributed by atoms with Crippen molar-refractivity contribution in [3.05, 3.63) is 0 Å². The maximum atomic E-state index is 11.0. The smallest absolute Gasteiger partial charge is 0.148 e. The highest BCUT2D eigenvalue weighted by atomic mass is 32.2. The van der Waals surface area contributed by atoms with E-state index in [1.54, 1.807) is 0 Å². The summed E-state index contributed by atoms with van der Waals surface area (Å²) in [5.41, 5.74) is 0. The zero-order valence-electron chi connectivity index (χ0n) is 10.1. The Morgan fingerprint density at radius 1 is 1.31 bits per heavy atom. The number of sulfone groups is 1. The van der Waals surface area contributed by atoms with Crippen molar-refractivity contribution in [2.45, 2.75) is 25.7 Å². The van der Waals surface area contributed by atoms with Crippen molar-refractivity contribution in [2.75, 3.05) is 38.2 Å². The minimum Gasteiger partial charge on any atom is -0.396 e. The Labute approximate surface area is 98.6 Å². The van der Waals surface area contributed by atoms with E-state index in [0.29, 0.717) is 6.54 Å². The van der Waals surface area contributed by atoms with Crippen molar-refractivity contribution in [2.24, 2.45) is 5.92 Å². The number of piperidine rings is 1. The van der Waals surface area contributed by atoms with Gasteiger partial charge in [0.25, 0.3) is 0 Å². The predicted molar refractivity (Wildman–Crippen MR) is 65.2 cm³/mol. The minimum absolute atomic E-state index is 0.272. The molecule has 0 aromatic carbocycles. The molecule has 0 amide bonds. The van der Waals surface area contributed by atoms with Crippen LogP contribution >= 0.6 is 0 Å². The molecule has 1 heterocycles. The lowest BCUT2D eigenvalue weighted by Gasteiger charge is -2.31. The zero-order chi connectivity index (χ0) is 12.0. The van der Waals surface area contributed by atoms with Crippen molar-refractivity contribution in [1.29, 1.82) is 0 Å². The van der Waals surface area contributed by atoms with E-state index in [-0.39, 0.29) is 12.4 Å². The monoisotopic (exact) mass is 249 g/mol. The molecular formula is C11H23NO3S. The minimum atomic E-state index is -2.83. The molecule has 1 rings (SSSR count). The quantitative estimate of drug-likeness (QED) is 0.745. The summed E-state index contributed by atoms with van der Waals surface area (Å²) in [4.78, 5) is 2.23. The van der Waals surface area contributed by atoms with Gasteiger partial charge in [-0.25, -0.2) is 8.42 Å². The van der Waals surface area contributed by atoms with Gasteiger partial charge in [0, 0.05) is 19.4 Å². The molecule has 0 aromatic heterocycles. The lowest BCUT2D eigenvalue weighted by molar-refractivity contribution is 0.177. The van der Waals surface area contributed by atoms with E-state index < -0.39 is 9.84 Å². The summed E-state index contributed by atoms with van der Waals surface area (Å²) in [5, 5.41) is 8.75. The van der Waals surface area contributed by atoms with Crippen LogP contribution in [0.15, 0.2) is 0 Å². The summed E-state index contributed by atoms with van der Waals surface area (Å²) in [7, 11) is -2.83. The van der Waals surface area contributed by atoms with Crippen LogP contribution in [0.2, 0.25) is 0 Å². The second-order valence-electron chi connectivity index (χ2n) is 4.78. The topological polar surface area (TPSA) is 57.6 Å². The van der Waals surface area contributed by atoms with E-state index in [4.69, 9.17) is 5.11 Å². The molecule has 1 aliphatic rings. The summed E-state index contributed by atoms with van der Waals surface area (Å²) in [6, 6.07) is 0. The number of hydrogen-bond acceptors (Lipinski definition) is 4. The van der Waals surface area contributed by atoms with Crippen molar-refractivity contribution >= 4 is 9.84 Å². The predicted octanol–water partition coefficient (Wildman–Crippen LogP) is 0.515. The number of likely N-dealkylation sites (tertiary alicyclic amines) is 1. The highest BCUT2D eigenvalue weighted by Crippen LogP contribution is 2.21. The Morgan fingerprint density at radius 3 is 2.44 bits per heavy atom. The molecule has 0 aromatic rings. The van der Waals surface area contributed by atoms with Crippen molar-refractivity contribution in [1.82, 2.24) is 4.90 Å². The van der Waals surface area contributed by atoms with E-state index in [9.17, 15) is 8.42 Å². The fourth-order valence-electron chi connectivity index (χ4n) is 2.17. The molecule has 0 saturated carbocycles. The van der Waals surface area contributed by atoms with Gasteiger partial charge in [-0.05, 0) is 44.7 Å². The zero-order valence-corrected chi connectivity index (χ0v) is 10.9. The van der Waals surface area contributed by atoms with Gasteiger partial charge >= 0.3 is 0 Å². The molecule has 96 valence electrons. The second kappa shape index (κ2) is 6.57. The molecule has 1 fully saturated rings. The van der Waals surface area contributed by atoms with Crippen LogP contribution < -0.4 is 0 Å². The number of aliphatic hydroxyl groups is 1. The van der Waals surface area contributed by atoms with E-state index >= 15 is 0 Å². The fraction of sp³-hybridized carbons (Fsp3) is 1.00. The van der Waals surface area contributed by atoms with Crippen LogP contribution in [0.1, 0.15) is 25.7 Å². The van der Waals surface area contributed by atoms with Gasteiger partial charge in [0.15, 0.2) is 0 Å². The molecule has 1 saturated heterocycles. The van der Waals surface area contributed by atoms with Crippen molar-refractivity contribution < 1.29 is 13.5 Å². The summed E-state index contributed by atoms with van der Waals surface area (Å²) >= 11 is 0. The summed E-state index contributed by atoms with van der Waals surface area (Å²) in [5.74, 6) is 0.996. The normalized spacial score (nSPS) is 20.1. The standard InChI is InChI=1S/C11H23NO3S/c1-16(14,15)10-8-12-6-4-11(5-7-12)3-2-9-13/h11,13H,2-10H2,1H3. The highest BCUT2D eigenvalue weighted by Gasteiger charge is 2.19. The second-order valence-corrected chi connectivity index (χ2v) is 7.04. The molecule has 1 aliphatic heterocycles. The molecular weight excluding hydrogens is 226 g/mol. The average Bonchev–Trinajstić information content (AvgIpc) is 2.24. The van der Waals surface area contributed by atoms with Crippen LogP contribution in [0.5, 0.6) is 0 Å². The molecule has 0 radical (unpaired) electrons. The van der Waals surface area contributed by atoms with Crippen LogP contribution in [-0.4, -0.2) is 56.7 Å². The molecule has 0 unspecified atom stereocenters. The van der Waals surface area contributed by atoms with Crippen molar-refractivity contribution in [3.8, 4) is 0 Å². The van der Waals surface area contributed by atoms with Gasteiger partial charge in [-0.3, -0.25) is 0 Å². The Bertz CT molecular complexity index is 282. The van der Waals surface area contributed by atoms with Crippen LogP contribution in [-0.2, 0) is 9.84 Å². The Kier molecular flexibility index (Phi) is 5.72. The third-order valence-corrected chi connectivity index (χ3v) is 4.18. The third kappa shape index (κ3) is 5.82. The van der Waals surface area contributed by atoms with Crippen LogP contribution in [0, 0.1) is 5.92 Å². The maximum absolute atomic E-state index is 11.0. The Morgan fingerprint density at radius 2 is 1.94 bits per heavy atom. The van der Waals surface area contributed by atoms with Gasteiger partial charge < -0.3 is 10.0 Å². The van der Waals surface area contributed by atoms with Gasteiger partial charge in [-0.1, -0.05) is 0 Å². The molecule has 1 N–H and O–H groups in total. The first-order valence-electron chi connectivity index (χ1n) is 6.02. The summed E-state index contributed by atoms with van der Waals surface area (Å²) < 4.78 is 22.1. The van der Waals surface area contributed by atoms with Crippen LogP contribution in [0.4, 0.5) is 0 Å².